The Morgan fingerprint density at radius 3 is 1.28 bits per heavy atom. The molecule has 0 N–H and O–H groups in total. The number of nitrogens with zero attached hydrogens (tertiary/aromatic N) is 1. The Hall–Kier alpha value is -6.34. The van der Waals surface area contributed by atoms with E-state index in [4.69, 9.17) is 28.4 Å². The molecule has 7 nitrogen and oxygen atoms in total. The van der Waals surface area contributed by atoms with Gasteiger partial charge in [0.15, 0.2) is 23.0 Å². The monoisotopic (exact) mass is 1140 g/mol. The van der Waals surface area contributed by atoms with E-state index in [0.717, 1.165) is 73.5 Å². The highest BCUT2D eigenvalue weighted by molar-refractivity contribution is 5.61. The number of rotatable bonds is 6. The van der Waals surface area contributed by atoms with Gasteiger partial charge in [-0.2, -0.15) is 0 Å². The molecule has 0 saturated carbocycles. The van der Waals surface area contributed by atoms with E-state index < -0.39 is 0 Å². The predicted octanol–water partition coefficient (Wildman–Crippen LogP) is 21.2. The Bertz CT molecular complexity index is 2740. The fourth-order valence-corrected chi connectivity index (χ4v) is 10.2. The van der Waals surface area contributed by atoms with E-state index in [9.17, 15) is 0 Å². The molecule has 0 fully saturated rings. The van der Waals surface area contributed by atoms with Crippen molar-refractivity contribution in [2.45, 2.75) is 207 Å². The van der Waals surface area contributed by atoms with Gasteiger partial charge in [-0.1, -0.05) is 199 Å². The Balaban J connectivity index is 0.000000336. The lowest BCUT2D eigenvalue weighted by atomic mass is 9.88. The fraction of sp³-hybridized carbons (Fsp3) is 0.500. The average Bonchev–Trinajstić information content (AvgIpc) is 4.18. The molecule has 6 aromatic carbocycles. The van der Waals surface area contributed by atoms with E-state index in [1.54, 1.807) is 11.1 Å². The molecule has 7 heteroatoms. The van der Waals surface area contributed by atoms with Crippen molar-refractivity contribution in [2.75, 3.05) is 51.7 Å². The van der Waals surface area contributed by atoms with Crippen molar-refractivity contribution in [1.29, 1.82) is 0 Å². The van der Waals surface area contributed by atoms with Crippen LogP contribution < -0.4 is 33.3 Å². The van der Waals surface area contributed by atoms with E-state index in [1.807, 2.05) is 18.2 Å². The van der Waals surface area contributed by atoms with Crippen molar-refractivity contribution in [1.82, 2.24) is 0 Å². The van der Waals surface area contributed by atoms with Gasteiger partial charge in [0.05, 0.1) is 18.8 Å². The minimum atomic E-state index is 0. The Morgan fingerprint density at radius 2 is 0.711 bits per heavy atom. The SMILES string of the molecule is C.C.C.C.C.C=C1Cc2ccc(C(C)C)cc2C1.CC(C)c1ccc2c(c1)CCCC2.CC(C)c1ccc2c(c1)OCCC2.CC(C)c1ccc2c(c1)OCCN2C.CC(C)c1ccc2c(c1)OCCO2.CC(C)c1ccc2c(c1)OCO2. The molecular weight excluding hydrogens is 1020 g/mol. The molecule has 0 bridgehead atoms. The second-order valence-electron chi connectivity index (χ2n) is 23.6. The molecule has 0 unspecified atom stereocenters. The van der Waals surface area contributed by atoms with Crippen molar-refractivity contribution >= 4 is 5.69 Å². The summed E-state index contributed by atoms with van der Waals surface area (Å²) in [6, 6.07) is 39.3. The number of ether oxygens (including phenoxy) is 6. The number of aryl methyl sites for hydroxylation is 3. The number of fused-ring (bicyclic) bond motifs is 6. The number of benzene rings is 6. The summed E-state index contributed by atoms with van der Waals surface area (Å²) in [6.45, 7) is 34.9. The third-order valence-corrected chi connectivity index (χ3v) is 15.5. The van der Waals surface area contributed by atoms with E-state index in [0.29, 0.717) is 55.5 Å². The third-order valence-electron chi connectivity index (χ3n) is 15.5. The minimum Gasteiger partial charge on any atom is -0.493 e. The van der Waals surface area contributed by atoms with Gasteiger partial charge in [-0.15, -0.1) is 0 Å². The molecule has 6 aromatic rings. The molecule has 0 radical (unpaired) electrons. The van der Waals surface area contributed by atoms with Gasteiger partial charge in [0.2, 0.25) is 6.79 Å². The van der Waals surface area contributed by atoms with Crippen molar-refractivity contribution in [3.63, 3.8) is 0 Å². The van der Waals surface area contributed by atoms with Crippen LogP contribution in [-0.4, -0.2) is 46.8 Å². The zero-order valence-corrected chi connectivity index (χ0v) is 49.9. The number of anilines is 1. The standard InChI is InChI=1S/C13H16.C13H18.C12H17NO.C12H16O.C11H14O2.C10H12O2.5CH4/c1-9(2)11-4-5-12-6-10(3)7-13(12)8-11;1-10(2)12-8-7-11-5-3-4-6-13(11)9-12;1-9(2)10-4-5-11-12(8-10)14-7-6-13(11)3;1-9(2)11-6-5-10-4-3-7-13-12(10)8-11;1-8(2)9-3-4-10-11(7-9)13-6-5-12-10;1-7(2)8-3-4-9-10(5-8)12-6-11-9;;;;;/h4-5,8-9H,3,6-7H2,1-2H3;7-10H,3-6H2,1-2H3;4-5,8-9H,6-7H2,1-3H3;5-6,8-9H,3-4,7H2,1-2H3;3-4,7-8H,5-6H2,1-2H3;3-5,7H,6H2,1-2H3;5*1H4. The molecule has 6 aliphatic rings. The predicted molar refractivity (Wildman–Crippen MR) is 360 cm³/mol. The van der Waals surface area contributed by atoms with Crippen molar-refractivity contribution < 1.29 is 28.4 Å². The summed E-state index contributed by atoms with van der Waals surface area (Å²) < 4.78 is 32.7. The first-order valence-electron chi connectivity index (χ1n) is 29.4. The van der Waals surface area contributed by atoms with Gasteiger partial charge in [0.1, 0.15) is 31.3 Å². The molecule has 2 aliphatic carbocycles. The highest BCUT2D eigenvalue weighted by atomic mass is 16.7. The molecule has 0 aromatic heterocycles. The van der Waals surface area contributed by atoms with E-state index in [-0.39, 0.29) is 37.1 Å². The van der Waals surface area contributed by atoms with Crippen LogP contribution in [0.15, 0.2) is 121 Å². The Morgan fingerprint density at radius 1 is 0.337 bits per heavy atom. The molecule has 4 heterocycles. The largest absolute Gasteiger partial charge is 0.493 e. The molecular formula is C76H113NO6. The number of likely N-dealkylation sites (N-methyl/N-ethyl adjacent to an activating group) is 1. The molecule has 12 rings (SSSR count). The highest BCUT2D eigenvalue weighted by Gasteiger charge is 2.19. The van der Waals surface area contributed by atoms with Crippen LogP contribution in [0.5, 0.6) is 34.5 Å². The minimum absolute atomic E-state index is 0. The lowest BCUT2D eigenvalue weighted by molar-refractivity contribution is 0.171. The number of hydrogen-bond acceptors (Lipinski definition) is 7. The lowest BCUT2D eigenvalue weighted by Gasteiger charge is -2.28. The zero-order chi connectivity index (χ0) is 55.9. The van der Waals surface area contributed by atoms with Crippen molar-refractivity contribution in [2.24, 2.45) is 0 Å². The van der Waals surface area contributed by atoms with Gasteiger partial charge in [0, 0.05) is 7.05 Å². The van der Waals surface area contributed by atoms with Gasteiger partial charge < -0.3 is 33.3 Å². The second kappa shape index (κ2) is 35.1. The first-order chi connectivity index (χ1) is 37.4. The van der Waals surface area contributed by atoms with Gasteiger partial charge >= 0.3 is 0 Å². The number of allylic oxidation sites excluding steroid dienone is 1. The normalized spacial score (nSPS) is 14.2. The summed E-state index contributed by atoms with van der Waals surface area (Å²) in [5, 5.41) is 0. The molecule has 0 atom stereocenters. The maximum Gasteiger partial charge on any atom is 0.231 e. The summed E-state index contributed by atoms with van der Waals surface area (Å²) in [6.07, 6.45) is 9.89. The first kappa shape index (κ1) is 72.8. The van der Waals surface area contributed by atoms with Crippen LogP contribution in [0.25, 0.3) is 0 Å². The summed E-state index contributed by atoms with van der Waals surface area (Å²) >= 11 is 0. The van der Waals surface area contributed by atoms with Gasteiger partial charge in [-0.05, 0) is 191 Å². The molecule has 0 saturated heterocycles. The summed E-state index contributed by atoms with van der Waals surface area (Å²) in [5.41, 5.74) is 18.4. The zero-order valence-electron chi connectivity index (χ0n) is 49.9. The number of hydrogen-bond donors (Lipinski definition) is 0. The van der Waals surface area contributed by atoms with Crippen LogP contribution in [-0.2, 0) is 32.1 Å². The van der Waals surface area contributed by atoms with E-state index in [1.165, 1.54) is 93.4 Å². The molecule has 458 valence electrons. The van der Waals surface area contributed by atoms with Crippen LogP contribution in [0.2, 0.25) is 0 Å². The quantitative estimate of drug-likeness (QED) is 0.154. The molecule has 0 amide bonds. The van der Waals surface area contributed by atoms with Crippen LogP contribution in [0.1, 0.15) is 236 Å². The van der Waals surface area contributed by atoms with Gasteiger partial charge in [-0.25, -0.2) is 0 Å². The van der Waals surface area contributed by atoms with Crippen LogP contribution in [0, 0.1) is 0 Å². The topological polar surface area (TPSA) is 58.6 Å². The first-order valence-corrected chi connectivity index (χ1v) is 29.4. The Labute approximate surface area is 507 Å². The third kappa shape index (κ3) is 20.7. The van der Waals surface area contributed by atoms with Gasteiger partial charge in [0.25, 0.3) is 0 Å². The molecule has 83 heavy (non-hydrogen) atoms. The smallest absolute Gasteiger partial charge is 0.231 e. The average molecular weight is 1140 g/mol. The van der Waals surface area contributed by atoms with Crippen molar-refractivity contribution in [3.8, 4) is 34.5 Å². The highest BCUT2D eigenvalue weighted by Crippen LogP contribution is 2.37. The van der Waals surface area contributed by atoms with Crippen LogP contribution >= 0.6 is 0 Å². The van der Waals surface area contributed by atoms with E-state index >= 15 is 0 Å². The van der Waals surface area contributed by atoms with Crippen molar-refractivity contribution in [3.05, 3.63) is 183 Å². The maximum absolute atomic E-state index is 5.64. The van der Waals surface area contributed by atoms with Gasteiger partial charge in [-0.3, -0.25) is 0 Å². The lowest BCUT2D eigenvalue weighted by Crippen LogP contribution is -2.28. The summed E-state index contributed by atoms with van der Waals surface area (Å²) in [5.74, 6) is 9.18. The Kier molecular flexibility index (Phi) is 30.7. The molecule has 0 spiro atoms. The van der Waals surface area contributed by atoms with Crippen LogP contribution in [0.4, 0.5) is 5.69 Å². The summed E-state index contributed by atoms with van der Waals surface area (Å²) in [4.78, 5) is 2.24. The second-order valence-corrected chi connectivity index (χ2v) is 23.6. The van der Waals surface area contributed by atoms with E-state index in [2.05, 4.69) is 193 Å². The summed E-state index contributed by atoms with van der Waals surface area (Å²) in [7, 11) is 2.11. The van der Waals surface area contributed by atoms with Crippen LogP contribution in [0.3, 0.4) is 0 Å². The maximum atomic E-state index is 5.64. The molecule has 4 aliphatic heterocycles. The fourth-order valence-electron chi connectivity index (χ4n) is 10.2.